The maximum atomic E-state index is 5.88. The van der Waals surface area contributed by atoms with Gasteiger partial charge in [0.25, 0.3) is 0 Å². The van der Waals surface area contributed by atoms with Crippen LogP contribution in [0.4, 0.5) is 0 Å². The van der Waals surface area contributed by atoms with E-state index in [1.54, 1.807) is 0 Å². The minimum Gasteiger partial charge on any atom is -0.330 e. The van der Waals surface area contributed by atoms with Crippen LogP contribution in [0.15, 0.2) is 0 Å². The maximum absolute atomic E-state index is 5.88. The minimum atomic E-state index is 0.288. The van der Waals surface area contributed by atoms with Crippen LogP contribution in [-0.4, -0.2) is 43.1 Å². The van der Waals surface area contributed by atoms with Crippen LogP contribution in [0.1, 0.15) is 33.6 Å². The van der Waals surface area contributed by atoms with E-state index in [4.69, 9.17) is 5.73 Å². The molecule has 2 nitrogen and oxygen atoms in total. The highest BCUT2D eigenvalue weighted by Crippen LogP contribution is 2.23. The van der Waals surface area contributed by atoms with Gasteiger partial charge < -0.3 is 10.6 Å². The van der Waals surface area contributed by atoms with Gasteiger partial charge in [-0.1, -0.05) is 20.3 Å². The smallest absolute Gasteiger partial charge is 0.0155 e. The van der Waals surface area contributed by atoms with Gasteiger partial charge >= 0.3 is 0 Å². The van der Waals surface area contributed by atoms with Gasteiger partial charge in [-0.3, -0.25) is 0 Å². The molecule has 0 aliphatic heterocycles. The molecular formula is C12H28N2S. The van der Waals surface area contributed by atoms with E-state index < -0.39 is 0 Å². The molecule has 0 heterocycles. The van der Waals surface area contributed by atoms with Gasteiger partial charge in [-0.15, -0.1) is 0 Å². The number of rotatable bonds is 8. The molecule has 0 bridgehead atoms. The minimum absolute atomic E-state index is 0.288. The standard InChI is InChI=1S/C12H28N2S/c1-6-7-12(3,9-13)10-14(4)11(2)8-15-5/h11H,6-10,13H2,1-5H3. The monoisotopic (exact) mass is 232 g/mol. The normalized spacial score (nSPS) is 17.8. The van der Waals surface area contributed by atoms with Crippen LogP contribution < -0.4 is 5.73 Å². The molecule has 0 aromatic rings. The van der Waals surface area contributed by atoms with E-state index in [1.807, 2.05) is 11.8 Å². The van der Waals surface area contributed by atoms with Crippen molar-refractivity contribution in [1.29, 1.82) is 0 Å². The Labute approximate surface area is 100.0 Å². The van der Waals surface area contributed by atoms with Crippen LogP contribution in [-0.2, 0) is 0 Å². The molecule has 0 aliphatic carbocycles. The second kappa shape index (κ2) is 7.53. The Morgan fingerprint density at radius 2 is 2.07 bits per heavy atom. The molecule has 2 N–H and O–H groups in total. The average molecular weight is 232 g/mol. The van der Waals surface area contributed by atoms with Crippen LogP contribution in [0.3, 0.4) is 0 Å². The first kappa shape index (κ1) is 15.3. The van der Waals surface area contributed by atoms with Gasteiger partial charge in [0.05, 0.1) is 0 Å². The molecule has 0 radical (unpaired) electrons. The first-order chi connectivity index (χ1) is 6.99. The number of thioether (sulfide) groups is 1. The highest BCUT2D eigenvalue weighted by molar-refractivity contribution is 7.98. The quantitative estimate of drug-likeness (QED) is 0.697. The van der Waals surface area contributed by atoms with Gasteiger partial charge in [0, 0.05) is 18.3 Å². The van der Waals surface area contributed by atoms with Gasteiger partial charge in [-0.25, -0.2) is 0 Å². The average Bonchev–Trinajstić information content (AvgIpc) is 2.18. The van der Waals surface area contributed by atoms with Crippen molar-refractivity contribution in [3.05, 3.63) is 0 Å². The first-order valence-corrected chi connectivity index (χ1v) is 7.27. The summed E-state index contributed by atoms with van der Waals surface area (Å²) >= 11 is 1.91. The third-order valence-corrected chi connectivity index (χ3v) is 3.95. The molecule has 15 heavy (non-hydrogen) atoms. The van der Waals surface area contributed by atoms with Crippen molar-refractivity contribution in [2.24, 2.45) is 11.1 Å². The Morgan fingerprint density at radius 3 is 2.47 bits per heavy atom. The number of nitrogens with two attached hydrogens (primary N) is 1. The topological polar surface area (TPSA) is 29.3 Å². The Kier molecular flexibility index (Phi) is 7.66. The summed E-state index contributed by atoms with van der Waals surface area (Å²) in [5, 5.41) is 0. The zero-order valence-electron chi connectivity index (χ0n) is 11.0. The Morgan fingerprint density at radius 1 is 1.47 bits per heavy atom. The van der Waals surface area contributed by atoms with Crippen molar-refractivity contribution >= 4 is 11.8 Å². The molecule has 0 rings (SSSR count). The van der Waals surface area contributed by atoms with E-state index in [0.29, 0.717) is 6.04 Å². The molecule has 0 saturated heterocycles. The molecule has 0 aliphatic rings. The highest BCUT2D eigenvalue weighted by Gasteiger charge is 2.24. The van der Waals surface area contributed by atoms with Gasteiger partial charge in [-0.2, -0.15) is 11.8 Å². The van der Waals surface area contributed by atoms with Crippen LogP contribution in [0, 0.1) is 5.41 Å². The molecule has 2 atom stereocenters. The summed E-state index contributed by atoms with van der Waals surface area (Å²) in [6, 6.07) is 0.641. The van der Waals surface area contributed by atoms with Crippen LogP contribution in [0.2, 0.25) is 0 Å². The summed E-state index contributed by atoms with van der Waals surface area (Å²) in [7, 11) is 2.21. The predicted molar refractivity (Wildman–Crippen MR) is 72.5 cm³/mol. The fraction of sp³-hybridized carbons (Fsp3) is 1.00. The summed E-state index contributed by atoms with van der Waals surface area (Å²) in [6.07, 6.45) is 4.61. The summed E-state index contributed by atoms with van der Waals surface area (Å²) < 4.78 is 0. The lowest BCUT2D eigenvalue weighted by atomic mass is 9.85. The molecule has 2 unspecified atom stereocenters. The summed E-state index contributed by atoms with van der Waals surface area (Å²) in [5.41, 5.74) is 6.17. The zero-order chi connectivity index (χ0) is 11.9. The zero-order valence-corrected chi connectivity index (χ0v) is 11.9. The van der Waals surface area contributed by atoms with Crippen molar-refractivity contribution in [3.63, 3.8) is 0 Å². The van der Waals surface area contributed by atoms with Crippen molar-refractivity contribution in [2.45, 2.75) is 39.7 Å². The Hall–Kier alpha value is 0.270. The molecule has 0 amide bonds. The van der Waals surface area contributed by atoms with E-state index >= 15 is 0 Å². The second-order valence-corrected chi connectivity index (χ2v) is 5.89. The molecular weight excluding hydrogens is 204 g/mol. The van der Waals surface area contributed by atoms with Crippen LogP contribution in [0.5, 0.6) is 0 Å². The Bertz CT molecular complexity index is 164. The summed E-state index contributed by atoms with van der Waals surface area (Å²) in [4.78, 5) is 2.44. The van der Waals surface area contributed by atoms with Gasteiger partial charge in [0.2, 0.25) is 0 Å². The highest BCUT2D eigenvalue weighted by atomic mass is 32.2. The van der Waals surface area contributed by atoms with Crippen molar-refractivity contribution < 1.29 is 0 Å². The molecule has 0 fully saturated rings. The largest absolute Gasteiger partial charge is 0.330 e. The fourth-order valence-electron chi connectivity index (χ4n) is 1.98. The molecule has 0 aromatic carbocycles. The van der Waals surface area contributed by atoms with Crippen molar-refractivity contribution in [3.8, 4) is 0 Å². The lowest BCUT2D eigenvalue weighted by Crippen LogP contribution is -2.43. The summed E-state index contributed by atoms with van der Waals surface area (Å²) in [6.45, 7) is 8.73. The Balaban J connectivity index is 4.15. The number of nitrogens with zero attached hydrogens (tertiary/aromatic N) is 1. The summed E-state index contributed by atoms with van der Waals surface area (Å²) in [5.74, 6) is 1.20. The maximum Gasteiger partial charge on any atom is 0.0155 e. The fourth-order valence-corrected chi connectivity index (χ4v) is 2.71. The van der Waals surface area contributed by atoms with E-state index in [1.165, 1.54) is 18.6 Å². The molecule has 0 spiro atoms. The van der Waals surface area contributed by atoms with E-state index in [0.717, 1.165) is 13.1 Å². The first-order valence-electron chi connectivity index (χ1n) is 5.88. The van der Waals surface area contributed by atoms with Crippen LogP contribution >= 0.6 is 11.8 Å². The molecule has 0 aromatic heterocycles. The lowest BCUT2D eigenvalue weighted by molar-refractivity contribution is 0.159. The molecule has 0 saturated carbocycles. The van der Waals surface area contributed by atoms with Gasteiger partial charge in [0.1, 0.15) is 0 Å². The predicted octanol–water partition coefficient (Wildman–Crippen LogP) is 2.43. The lowest BCUT2D eigenvalue weighted by Gasteiger charge is -2.35. The van der Waals surface area contributed by atoms with Crippen molar-refractivity contribution in [2.75, 3.05) is 32.1 Å². The second-order valence-electron chi connectivity index (χ2n) is 4.98. The third kappa shape index (κ3) is 5.79. The molecule has 92 valence electrons. The van der Waals surface area contributed by atoms with Crippen molar-refractivity contribution in [1.82, 2.24) is 4.90 Å². The van der Waals surface area contributed by atoms with Gasteiger partial charge in [-0.05, 0) is 38.6 Å². The van der Waals surface area contributed by atoms with Crippen LogP contribution in [0.25, 0.3) is 0 Å². The molecule has 3 heteroatoms. The van der Waals surface area contributed by atoms with E-state index in [9.17, 15) is 0 Å². The van der Waals surface area contributed by atoms with Gasteiger partial charge in [0.15, 0.2) is 0 Å². The SMILES string of the molecule is CCCC(C)(CN)CN(C)C(C)CSC. The number of hydrogen-bond donors (Lipinski definition) is 1. The third-order valence-electron chi connectivity index (χ3n) is 3.14. The van der Waals surface area contributed by atoms with E-state index in [-0.39, 0.29) is 5.41 Å². The number of hydrogen-bond acceptors (Lipinski definition) is 3. The van der Waals surface area contributed by atoms with E-state index in [2.05, 4.69) is 39.0 Å².